The Morgan fingerprint density at radius 3 is 2.88 bits per heavy atom. The molecule has 0 spiro atoms. The van der Waals surface area contributed by atoms with E-state index in [0.29, 0.717) is 0 Å². The van der Waals surface area contributed by atoms with Crippen molar-refractivity contribution in [2.75, 3.05) is 26.7 Å². The molecule has 0 amide bonds. The van der Waals surface area contributed by atoms with Crippen molar-refractivity contribution >= 4 is 0 Å². The Kier molecular flexibility index (Phi) is 4.02. The van der Waals surface area contributed by atoms with Crippen LogP contribution < -0.4 is 5.32 Å². The molecule has 1 atom stereocenters. The van der Waals surface area contributed by atoms with E-state index in [0.717, 1.165) is 36.9 Å². The lowest BCUT2D eigenvalue weighted by molar-refractivity contribution is 0.382. The zero-order valence-electron chi connectivity index (χ0n) is 10.3. The van der Waals surface area contributed by atoms with Crippen LogP contribution in [0.4, 0.5) is 0 Å². The summed E-state index contributed by atoms with van der Waals surface area (Å²) in [5, 5.41) is 3.48. The third-order valence-electron chi connectivity index (χ3n) is 3.29. The molecule has 90 valence electrons. The standard InChI is InChI=1S/C13H22N2O/c1-3-12-4-5-13(16-12)9-14-8-11-6-7-15(2)10-11/h4-5,11,14H,3,6-10H2,1-2H3. The second-order valence-electron chi connectivity index (χ2n) is 4.77. The van der Waals surface area contributed by atoms with Gasteiger partial charge in [0.2, 0.25) is 0 Å². The zero-order chi connectivity index (χ0) is 11.4. The zero-order valence-corrected chi connectivity index (χ0v) is 10.3. The lowest BCUT2D eigenvalue weighted by Gasteiger charge is -2.10. The van der Waals surface area contributed by atoms with E-state index in [1.807, 2.05) is 0 Å². The van der Waals surface area contributed by atoms with E-state index in [1.54, 1.807) is 0 Å². The van der Waals surface area contributed by atoms with Crippen LogP contribution in [0.2, 0.25) is 0 Å². The van der Waals surface area contributed by atoms with Crippen LogP contribution in [0.3, 0.4) is 0 Å². The second kappa shape index (κ2) is 5.51. The summed E-state index contributed by atoms with van der Waals surface area (Å²) < 4.78 is 5.65. The van der Waals surface area contributed by atoms with Gasteiger partial charge >= 0.3 is 0 Å². The lowest BCUT2D eigenvalue weighted by atomic mass is 10.1. The van der Waals surface area contributed by atoms with Crippen LogP contribution in [-0.2, 0) is 13.0 Å². The molecule has 1 aliphatic rings. The molecule has 1 aromatic rings. The van der Waals surface area contributed by atoms with E-state index in [1.165, 1.54) is 19.5 Å². The highest BCUT2D eigenvalue weighted by molar-refractivity contribution is 5.06. The molecule has 1 fully saturated rings. The molecular formula is C13H22N2O. The first-order valence-corrected chi connectivity index (χ1v) is 6.24. The van der Waals surface area contributed by atoms with Crippen LogP contribution in [0.15, 0.2) is 16.5 Å². The molecule has 0 radical (unpaired) electrons. The summed E-state index contributed by atoms with van der Waals surface area (Å²) in [6.45, 7) is 6.55. The summed E-state index contributed by atoms with van der Waals surface area (Å²) in [7, 11) is 2.19. The minimum absolute atomic E-state index is 0.811. The summed E-state index contributed by atoms with van der Waals surface area (Å²) in [6.07, 6.45) is 2.30. The number of hydrogen-bond acceptors (Lipinski definition) is 3. The highest BCUT2D eigenvalue weighted by Gasteiger charge is 2.18. The number of nitrogens with one attached hydrogen (secondary N) is 1. The van der Waals surface area contributed by atoms with Gasteiger partial charge in [0.25, 0.3) is 0 Å². The van der Waals surface area contributed by atoms with Crippen molar-refractivity contribution < 1.29 is 4.42 Å². The van der Waals surface area contributed by atoms with Gasteiger partial charge in [-0.05, 0) is 44.6 Å². The van der Waals surface area contributed by atoms with Crippen molar-refractivity contribution in [3.05, 3.63) is 23.7 Å². The molecule has 16 heavy (non-hydrogen) atoms. The topological polar surface area (TPSA) is 28.4 Å². The fraction of sp³-hybridized carbons (Fsp3) is 0.692. The van der Waals surface area contributed by atoms with Crippen LogP contribution >= 0.6 is 0 Å². The minimum Gasteiger partial charge on any atom is -0.465 e. The van der Waals surface area contributed by atoms with Crippen molar-refractivity contribution in [1.82, 2.24) is 10.2 Å². The summed E-state index contributed by atoms with van der Waals surface area (Å²) in [4.78, 5) is 2.40. The van der Waals surface area contributed by atoms with Gasteiger partial charge in [0.05, 0.1) is 6.54 Å². The first-order chi connectivity index (χ1) is 7.78. The number of hydrogen-bond donors (Lipinski definition) is 1. The average Bonchev–Trinajstić information content (AvgIpc) is 2.88. The Morgan fingerprint density at radius 2 is 2.25 bits per heavy atom. The predicted molar refractivity (Wildman–Crippen MR) is 65.4 cm³/mol. The maximum Gasteiger partial charge on any atom is 0.117 e. The van der Waals surface area contributed by atoms with Crippen molar-refractivity contribution in [3.8, 4) is 0 Å². The third-order valence-corrected chi connectivity index (χ3v) is 3.29. The number of aryl methyl sites for hydroxylation is 1. The quantitative estimate of drug-likeness (QED) is 0.824. The Labute approximate surface area is 97.8 Å². The Balaban J connectivity index is 1.67. The first kappa shape index (κ1) is 11.7. The van der Waals surface area contributed by atoms with E-state index in [9.17, 15) is 0 Å². The predicted octanol–water partition coefficient (Wildman–Crippen LogP) is 1.88. The molecule has 1 saturated heterocycles. The van der Waals surface area contributed by atoms with Crippen molar-refractivity contribution in [2.45, 2.75) is 26.3 Å². The van der Waals surface area contributed by atoms with Gasteiger partial charge in [-0.1, -0.05) is 6.92 Å². The number of furan rings is 1. The van der Waals surface area contributed by atoms with E-state index in [2.05, 4.69) is 36.3 Å². The Hall–Kier alpha value is -0.800. The molecule has 0 aromatic carbocycles. The van der Waals surface area contributed by atoms with E-state index in [4.69, 9.17) is 4.42 Å². The molecular weight excluding hydrogens is 200 g/mol. The van der Waals surface area contributed by atoms with Crippen molar-refractivity contribution in [3.63, 3.8) is 0 Å². The number of rotatable bonds is 5. The highest BCUT2D eigenvalue weighted by Crippen LogP contribution is 2.13. The van der Waals surface area contributed by atoms with Crippen molar-refractivity contribution in [1.29, 1.82) is 0 Å². The largest absolute Gasteiger partial charge is 0.465 e. The van der Waals surface area contributed by atoms with E-state index < -0.39 is 0 Å². The molecule has 0 bridgehead atoms. The van der Waals surface area contributed by atoms with Gasteiger partial charge in [0.1, 0.15) is 11.5 Å². The van der Waals surface area contributed by atoms with Crippen LogP contribution in [0, 0.1) is 5.92 Å². The molecule has 1 unspecified atom stereocenters. The van der Waals surface area contributed by atoms with Crippen molar-refractivity contribution in [2.24, 2.45) is 5.92 Å². The SMILES string of the molecule is CCc1ccc(CNCC2CCN(C)C2)o1. The molecule has 0 saturated carbocycles. The van der Waals surface area contributed by atoms with Gasteiger partial charge in [-0.3, -0.25) is 0 Å². The number of likely N-dealkylation sites (tertiary alicyclic amines) is 1. The summed E-state index contributed by atoms with van der Waals surface area (Å²) in [5.74, 6) is 2.95. The molecule has 3 nitrogen and oxygen atoms in total. The molecule has 2 heterocycles. The van der Waals surface area contributed by atoms with Crippen LogP contribution in [0.25, 0.3) is 0 Å². The summed E-state index contributed by atoms with van der Waals surface area (Å²) in [5.41, 5.74) is 0. The minimum atomic E-state index is 0.811. The van der Waals surface area contributed by atoms with Gasteiger partial charge in [-0.15, -0.1) is 0 Å². The highest BCUT2D eigenvalue weighted by atomic mass is 16.3. The normalized spacial score (nSPS) is 21.8. The maximum absolute atomic E-state index is 5.65. The molecule has 1 aromatic heterocycles. The summed E-state index contributed by atoms with van der Waals surface area (Å²) >= 11 is 0. The Bertz CT molecular complexity index is 321. The van der Waals surface area contributed by atoms with Gasteiger partial charge < -0.3 is 14.6 Å². The Morgan fingerprint density at radius 1 is 1.44 bits per heavy atom. The second-order valence-corrected chi connectivity index (χ2v) is 4.77. The first-order valence-electron chi connectivity index (χ1n) is 6.24. The molecule has 1 N–H and O–H groups in total. The third kappa shape index (κ3) is 3.09. The molecule has 1 aliphatic heterocycles. The average molecular weight is 222 g/mol. The fourth-order valence-electron chi connectivity index (χ4n) is 2.30. The van der Waals surface area contributed by atoms with Crippen LogP contribution in [0.1, 0.15) is 24.9 Å². The van der Waals surface area contributed by atoms with Gasteiger partial charge in [0, 0.05) is 13.0 Å². The van der Waals surface area contributed by atoms with E-state index >= 15 is 0 Å². The van der Waals surface area contributed by atoms with E-state index in [-0.39, 0.29) is 0 Å². The fourth-order valence-corrected chi connectivity index (χ4v) is 2.30. The van der Waals surface area contributed by atoms with Gasteiger partial charge in [0.15, 0.2) is 0 Å². The number of nitrogens with zero attached hydrogens (tertiary/aromatic N) is 1. The van der Waals surface area contributed by atoms with Gasteiger partial charge in [-0.25, -0.2) is 0 Å². The molecule has 3 heteroatoms. The molecule has 2 rings (SSSR count). The van der Waals surface area contributed by atoms with Gasteiger partial charge in [-0.2, -0.15) is 0 Å². The lowest BCUT2D eigenvalue weighted by Crippen LogP contribution is -2.24. The summed E-state index contributed by atoms with van der Waals surface area (Å²) in [6, 6.07) is 4.15. The van der Waals surface area contributed by atoms with Crippen LogP contribution in [-0.4, -0.2) is 31.6 Å². The smallest absolute Gasteiger partial charge is 0.117 e. The monoisotopic (exact) mass is 222 g/mol. The maximum atomic E-state index is 5.65. The molecule has 0 aliphatic carbocycles. The van der Waals surface area contributed by atoms with Crippen LogP contribution in [0.5, 0.6) is 0 Å².